The van der Waals surface area contributed by atoms with E-state index in [1.807, 2.05) is 0 Å². The molecule has 0 aromatic carbocycles. The number of hydrogen-bond donors (Lipinski definition) is 2. The molecule has 1 saturated heterocycles. The van der Waals surface area contributed by atoms with Crippen molar-refractivity contribution >= 4 is 0 Å². The molecule has 0 aromatic heterocycles. The van der Waals surface area contributed by atoms with Crippen LogP contribution in [0.15, 0.2) is 0 Å². The molecule has 1 aliphatic heterocycles. The van der Waals surface area contributed by atoms with Crippen LogP contribution in [0, 0.1) is 5.92 Å². The second kappa shape index (κ2) is 8.01. The molecule has 0 aromatic rings. The lowest BCUT2D eigenvalue weighted by Crippen LogP contribution is -2.39. The second-order valence-corrected chi connectivity index (χ2v) is 4.75. The first-order valence-electron chi connectivity index (χ1n) is 6.27. The topological polar surface area (TPSA) is 42.5 Å². The van der Waals surface area contributed by atoms with Gasteiger partial charge in [-0.15, -0.1) is 0 Å². The first-order chi connectivity index (χ1) is 7.72. The Morgan fingerprint density at radius 2 is 2.31 bits per heavy atom. The van der Waals surface area contributed by atoms with Crippen LogP contribution in [0.2, 0.25) is 0 Å². The molecule has 0 radical (unpaired) electrons. The van der Waals surface area contributed by atoms with Gasteiger partial charge in [0.25, 0.3) is 0 Å². The maximum absolute atomic E-state index is 5.54. The van der Waals surface area contributed by atoms with Gasteiger partial charge in [-0.25, -0.2) is 0 Å². The van der Waals surface area contributed by atoms with Crippen LogP contribution in [0.1, 0.15) is 20.3 Å². The molecule has 16 heavy (non-hydrogen) atoms. The van der Waals surface area contributed by atoms with E-state index in [1.165, 1.54) is 6.42 Å². The molecule has 0 saturated carbocycles. The second-order valence-electron chi connectivity index (χ2n) is 4.75. The Morgan fingerprint density at radius 3 is 2.94 bits per heavy atom. The summed E-state index contributed by atoms with van der Waals surface area (Å²) in [5, 5.41) is 6.89. The van der Waals surface area contributed by atoms with Crippen molar-refractivity contribution < 1.29 is 9.47 Å². The largest absolute Gasteiger partial charge is 0.383 e. The SMILES string of the molecule is COCCNCC(C)NCC1COC(C)C1. The summed E-state index contributed by atoms with van der Waals surface area (Å²) >= 11 is 0. The number of rotatable bonds is 8. The number of hydrogen-bond acceptors (Lipinski definition) is 4. The lowest BCUT2D eigenvalue weighted by Gasteiger charge is -2.17. The Morgan fingerprint density at radius 1 is 1.50 bits per heavy atom. The van der Waals surface area contributed by atoms with Crippen LogP contribution in [-0.2, 0) is 9.47 Å². The van der Waals surface area contributed by atoms with E-state index in [0.29, 0.717) is 18.1 Å². The molecule has 0 spiro atoms. The Kier molecular flexibility index (Phi) is 6.96. The van der Waals surface area contributed by atoms with Crippen LogP contribution in [-0.4, -0.2) is 52.1 Å². The molecule has 3 unspecified atom stereocenters. The fraction of sp³-hybridized carbons (Fsp3) is 1.00. The zero-order chi connectivity index (χ0) is 11.8. The summed E-state index contributed by atoms with van der Waals surface area (Å²) in [4.78, 5) is 0. The highest BCUT2D eigenvalue weighted by Gasteiger charge is 2.21. The van der Waals surface area contributed by atoms with Gasteiger partial charge in [0.15, 0.2) is 0 Å². The quantitative estimate of drug-likeness (QED) is 0.600. The number of nitrogens with one attached hydrogen (secondary N) is 2. The van der Waals surface area contributed by atoms with Gasteiger partial charge in [-0.2, -0.15) is 0 Å². The molecule has 4 nitrogen and oxygen atoms in total. The van der Waals surface area contributed by atoms with Crippen LogP contribution < -0.4 is 10.6 Å². The molecule has 0 amide bonds. The number of methoxy groups -OCH3 is 1. The van der Waals surface area contributed by atoms with E-state index in [2.05, 4.69) is 24.5 Å². The van der Waals surface area contributed by atoms with Crippen LogP contribution >= 0.6 is 0 Å². The third kappa shape index (κ3) is 5.80. The van der Waals surface area contributed by atoms with Gasteiger partial charge in [-0.3, -0.25) is 0 Å². The van der Waals surface area contributed by atoms with Crippen molar-refractivity contribution in [3.63, 3.8) is 0 Å². The van der Waals surface area contributed by atoms with Gasteiger partial charge in [0, 0.05) is 32.8 Å². The highest BCUT2D eigenvalue weighted by Crippen LogP contribution is 2.17. The lowest BCUT2D eigenvalue weighted by atomic mass is 10.1. The van der Waals surface area contributed by atoms with Crippen molar-refractivity contribution in [1.29, 1.82) is 0 Å². The Balaban J connectivity index is 1.95. The van der Waals surface area contributed by atoms with Crippen molar-refractivity contribution in [2.45, 2.75) is 32.4 Å². The molecule has 1 heterocycles. The smallest absolute Gasteiger partial charge is 0.0587 e. The zero-order valence-corrected chi connectivity index (χ0v) is 10.8. The van der Waals surface area contributed by atoms with E-state index >= 15 is 0 Å². The first-order valence-corrected chi connectivity index (χ1v) is 6.27. The molecular weight excluding hydrogens is 204 g/mol. The standard InChI is InChI=1S/C12H26N2O2/c1-10(7-13-4-5-15-3)14-8-12-6-11(2)16-9-12/h10-14H,4-9H2,1-3H3. The van der Waals surface area contributed by atoms with Gasteiger partial charge < -0.3 is 20.1 Å². The Bertz CT molecular complexity index is 178. The van der Waals surface area contributed by atoms with Crippen molar-refractivity contribution in [3.8, 4) is 0 Å². The third-order valence-electron chi connectivity index (χ3n) is 2.97. The lowest BCUT2D eigenvalue weighted by molar-refractivity contribution is 0.120. The fourth-order valence-corrected chi connectivity index (χ4v) is 1.98. The van der Waals surface area contributed by atoms with Crippen LogP contribution in [0.3, 0.4) is 0 Å². The van der Waals surface area contributed by atoms with E-state index in [4.69, 9.17) is 9.47 Å². The van der Waals surface area contributed by atoms with E-state index in [0.717, 1.165) is 32.8 Å². The van der Waals surface area contributed by atoms with Gasteiger partial charge in [0.05, 0.1) is 19.3 Å². The summed E-state index contributed by atoms with van der Waals surface area (Å²) in [6, 6.07) is 0.507. The van der Waals surface area contributed by atoms with E-state index in [-0.39, 0.29) is 0 Å². The van der Waals surface area contributed by atoms with Crippen molar-refractivity contribution in [2.75, 3.05) is 40.0 Å². The number of ether oxygens (including phenoxy) is 2. The highest BCUT2D eigenvalue weighted by molar-refractivity contribution is 4.74. The minimum atomic E-state index is 0.446. The molecule has 0 aliphatic carbocycles. The predicted octanol–water partition coefficient (Wildman–Crippen LogP) is 0.626. The van der Waals surface area contributed by atoms with Crippen molar-refractivity contribution in [3.05, 3.63) is 0 Å². The molecule has 1 fully saturated rings. The molecule has 4 heteroatoms. The Hall–Kier alpha value is -0.160. The third-order valence-corrected chi connectivity index (χ3v) is 2.97. The first kappa shape index (κ1) is 13.9. The van der Waals surface area contributed by atoms with Gasteiger partial charge in [-0.1, -0.05) is 0 Å². The summed E-state index contributed by atoms with van der Waals surface area (Å²) in [5.41, 5.74) is 0. The van der Waals surface area contributed by atoms with E-state index in [1.54, 1.807) is 7.11 Å². The Labute approximate surface area is 99.1 Å². The highest BCUT2D eigenvalue weighted by atomic mass is 16.5. The molecule has 0 bridgehead atoms. The minimum Gasteiger partial charge on any atom is -0.383 e. The fourth-order valence-electron chi connectivity index (χ4n) is 1.98. The molecule has 2 N–H and O–H groups in total. The van der Waals surface area contributed by atoms with Gasteiger partial charge in [0.2, 0.25) is 0 Å². The molecule has 1 aliphatic rings. The average molecular weight is 230 g/mol. The maximum atomic E-state index is 5.54. The predicted molar refractivity (Wildman–Crippen MR) is 65.7 cm³/mol. The maximum Gasteiger partial charge on any atom is 0.0587 e. The molecule has 3 atom stereocenters. The molecule has 96 valence electrons. The summed E-state index contributed by atoms with van der Waals surface area (Å²) < 4.78 is 10.5. The summed E-state index contributed by atoms with van der Waals surface area (Å²) in [5.74, 6) is 0.691. The van der Waals surface area contributed by atoms with Gasteiger partial charge in [0.1, 0.15) is 0 Å². The van der Waals surface area contributed by atoms with Crippen molar-refractivity contribution in [2.24, 2.45) is 5.92 Å². The van der Waals surface area contributed by atoms with Crippen LogP contribution in [0.4, 0.5) is 0 Å². The normalized spacial score (nSPS) is 27.2. The monoisotopic (exact) mass is 230 g/mol. The van der Waals surface area contributed by atoms with E-state index < -0.39 is 0 Å². The van der Waals surface area contributed by atoms with Crippen LogP contribution in [0.5, 0.6) is 0 Å². The summed E-state index contributed by atoms with van der Waals surface area (Å²) in [7, 11) is 1.73. The van der Waals surface area contributed by atoms with Gasteiger partial charge >= 0.3 is 0 Å². The minimum absolute atomic E-state index is 0.446. The van der Waals surface area contributed by atoms with Crippen LogP contribution in [0.25, 0.3) is 0 Å². The average Bonchev–Trinajstić information content (AvgIpc) is 2.68. The molecular formula is C12H26N2O2. The van der Waals surface area contributed by atoms with Crippen molar-refractivity contribution in [1.82, 2.24) is 10.6 Å². The summed E-state index contributed by atoms with van der Waals surface area (Å²) in [6.07, 6.45) is 1.64. The van der Waals surface area contributed by atoms with E-state index in [9.17, 15) is 0 Å². The molecule has 1 rings (SSSR count). The van der Waals surface area contributed by atoms with Gasteiger partial charge in [-0.05, 0) is 26.2 Å². The zero-order valence-electron chi connectivity index (χ0n) is 10.8. The summed E-state index contributed by atoms with van der Waals surface area (Å²) in [6.45, 7) is 9.03.